The molecule has 0 amide bonds. The van der Waals surface area contributed by atoms with E-state index >= 15 is 0 Å². The molecule has 1 atom stereocenters. The second-order valence-corrected chi connectivity index (χ2v) is 9.93. The summed E-state index contributed by atoms with van der Waals surface area (Å²) >= 11 is 0. The lowest BCUT2D eigenvalue weighted by Crippen LogP contribution is -2.39. The fourth-order valence-electron chi connectivity index (χ4n) is 2.07. The molecule has 8 heteroatoms. The zero-order valence-corrected chi connectivity index (χ0v) is 19.5. The van der Waals surface area contributed by atoms with Crippen LogP contribution in [0.25, 0.3) is 0 Å². The Kier molecular flexibility index (Phi) is 10.1. The first-order valence-electron chi connectivity index (χ1n) is 8.51. The van der Waals surface area contributed by atoms with Gasteiger partial charge in [0, 0.05) is 6.54 Å². The molecule has 1 aromatic rings. The van der Waals surface area contributed by atoms with E-state index in [-0.39, 0.29) is 48.1 Å². The Labute approximate surface area is 174 Å². The van der Waals surface area contributed by atoms with Crippen LogP contribution in [0, 0.1) is 12.7 Å². The van der Waals surface area contributed by atoms with Gasteiger partial charge in [0.2, 0.25) is 0 Å². The van der Waals surface area contributed by atoms with Gasteiger partial charge in [0.05, 0.1) is 23.1 Å². The summed E-state index contributed by atoms with van der Waals surface area (Å²) in [4.78, 5) is 4.34. The molecule has 0 radical (unpaired) electrons. The van der Waals surface area contributed by atoms with Crippen molar-refractivity contribution >= 4 is 39.8 Å². The summed E-state index contributed by atoms with van der Waals surface area (Å²) in [5.74, 6) is 0.255. The van der Waals surface area contributed by atoms with Gasteiger partial charge in [0.1, 0.15) is 5.82 Å². The lowest BCUT2D eigenvalue weighted by atomic mass is 10.1. The van der Waals surface area contributed by atoms with Gasteiger partial charge >= 0.3 is 0 Å². The number of sulfone groups is 1. The summed E-state index contributed by atoms with van der Waals surface area (Å²) in [5, 5.41) is 6.27. The molecular formula is C18H31FIN3O2S. The number of nitrogens with zero attached hydrogens (tertiary/aromatic N) is 1. The Balaban J connectivity index is 0.00000625. The third-order valence-corrected chi connectivity index (χ3v) is 6.54. The maximum absolute atomic E-state index is 13.7. The Morgan fingerprint density at radius 3 is 2.42 bits per heavy atom. The van der Waals surface area contributed by atoms with E-state index in [0.29, 0.717) is 18.1 Å². The van der Waals surface area contributed by atoms with Crippen LogP contribution in [0.2, 0.25) is 0 Å². The lowest BCUT2D eigenvalue weighted by Gasteiger charge is -2.20. The van der Waals surface area contributed by atoms with Crippen molar-refractivity contribution in [3.05, 3.63) is 35.1 Å². The standard InChI is InChI=1S/C18H30FN3O2S.HI/c1-7-20-17(21-10-11-25(23,24)18(4,5)6)22-14(3)15-9-8-13(2)16(19)12-15;/h8-9,12,14H,7,10-11H2,1-6H3,(H2,20,21,22);1H. The molecule has 0 saturated carbocycles. The number of benzene rings is 1. The predicted octanol–water partition coefficient (Wildman–Crippen LogP) is 3.58. The van der Waals surface area contributed by atoms with E-state index in [1.54, 1.807) is 33.8 Å². The number of rotatable bonds is 6. The molecule has 0 aliphatic rings. The minimum atomic E-state index is -3.21. The van der Waals surface area contributed by atoms with Crippen molar-refractivity contribution in [1.82, 2.24) is 10.6 Å². The summed E-state index contributed by atoms with van der Waals surface area (Å²) in [7, 11) is -3.21. The van der Waals surface area contributed by atoms with Crippen molar-refractivity contribution in [3.63, 3.8) is 0 Å². The zero-order chi connectivity index (χ0) is 19.3. The molecule has 0 aliphatic heterocycles. The normalized spacial score (nSPS) is 13.7. The average Bonchev–Trinajstić information content (AvgIpc) is 2.48. The Hall–Kier alpha value is -0.900. The van der Waals surface area contributed by atoms with Crippen LogP contribution in [0.4, 0.5) is 4.39 Å². The quantitative estimate of drug-likeness (QED) is 0.357. The monoisotopic (exact) mass is 499 g/mol. The minimum Gasteiger partial charge on any atom is -0.357 e. The minimum absolute atomic E-state index is 0. The van der Waals surface area contributed by atoms with Crippen molar-refractivity contribution in [3.8, 4) is 0 Å². The highest BCUT2D eigenvalue weighted by atomic mass is 127. The largest absolute Gasteiger partial charge is 0.357 e. The van der Waals surface area contributed by atoms with E-state index in [9.17, 15) is 12.8 Å². The van der Waals surface area contributed by atoms with Crippen LogP contribution in [0.5, 0.6) is 0 Å². The number of hydrogen-bond acceptors (Lipinski definition) is 3. The first-order chi connectivity index (χ1) is 11.5. The van der Waals surface area contributed by atoms with Gasteiger partial charge in [-0.25, -0.2) is 12.8 Å². The van der Waals surface area contributed by atoms with Crippen LogP contribution in [-0.2, 0) is 9.84 Å². The number of aliphatic imine (C=N–C) groups is 1. The van der Waals surface area contributed by atoms with Crippen LogP contribution in [0.1, 0.15) is 51.8 Å². The Morgan fingerprint density at radius 1 is 1.31 bits per heavy atom. The van der Waals surface area contributed by atoms with Crippen LogP contribution in [-0.4, -0.2) is 38.0 Å². The van der Waals surface area contributed by atoms with E-state index in [0.717, 1.165) is 5.56 Å². The van der Waals surface area contributed by atoms with Gasteiger partial charge in [-0.05, 0) is 58.7 Å². The van der Waals surface area contributed by atoms with Gasteiger partial charge in [-0.15, -0.1) is 24.0 Å². The van der Waals surface area contributed by atoms with Gasteiger partial charge < -0.3 is 10.6 Å². The summed E-state index contributed by atoms with van der Waals surface area (Å²) in [6.07, 6.45) is 0. The fourth-order valence-corrected chi connectivity index (χ4v) is 3.01. The molecule has 0 heterocycles. The lowest BCUT2D eigenvalue weighted by molar-refractivity contribution is 0.560. The molecule has 0 bridgehead atoms. The van der Waals surface area contributed by atoms with Gasteiger partial charge in [-0.2, -0.15) is 0 Å². The molecule has 0 spiro atoms. The van der Waals surface area contributed by atoms with Gasteiger partial charge in [0.25, 0.3) is 0 Å². The molecule has 26 heavy (non-hydrogen) atoms. The first kappa shape index (κ1) is 25.1. The fraction of sp³-hybridized carbons (Fsp3) is 0.611. The Morgan fingerprint density at radius 2 is 1.92 bits per heavy atom. The number of nitrogens with one attached hydrogen (secondary N) is 2. The van der Waals surface area contributed by atoms with E-state index < -0.39 is 14.6 Å². The summed E-state index contributed by atoms with van der Waals surface area (Å²) in [6, 6.07) is 4.94. The molecule has 0 aromatic heterocycles. The third-order valence-electron chi connectivity index (χ3n) is 3.96. The third kappa shape index (κ3) is 7.38. The molecule has 150 valence electrons. The number of hydrogen-bond donors (Lipinski definition) is 2. The predicted molar refractivity (Wildman–Crippen MR) is 118 cm³/mol. The van der Waals surface area contributed by atoms with E-state index in [1.807, 2.05) is 19.9 Å². The maximum atomic E-state index is 13.7. The van der Waals surface area contributed by atoms with Gasteiger partial charge in [-0.1, -0.05) is 12.1 Å². The van der Waals surface area contributed by atoms with Crippen LogP contribution in [0.3, 0.4) is 0 Å². The molecule has 1 unspecified atom stereocenters. The number of guanidine groups is 1. The molecule has 0 saturated heterocycles. The average molecular weight is 499 g/mol. The summed E-state index contributed by atoms with van der Waals surface area (Å²) in [6.45, 7) is 11.4. The highest BCUT2D eigenvalue weighted by molar-refractivity contribution is 14.0. The number of aryl methyl sites for hydroxylation is 1. The molecule has 0 aliphatic carbocycles. The molecule has 1 rings (SSSR count). The van der Waals surface area contributed by atoms with Gasteiger partial charge in [0.15, 0.2) is 15.8 Å². The van der Waals surface area contributed by atoms with Crippen molar-refractivity contribution < 1.29 is 12.8 Å². The van der Waals surface area contributed by atoms with Gasteiger partial charge in [-0.3, -0.25) is 4.99 Å². The molecular weight excluding hydrogens is 468 g/mol. The maximum Gasteiger partial charge on any atom is 0.191 e. The second kappa shape index (κ2) is 10.4. The highest BCUT2D eigenvalue weighted by Gasteiger charge is 2.28. The smallest absolute Gasteiger partial charge is 0.191 e. The van der Waals surface area contributed by atoms with E-state index in [1.165, 1.54) is 6.07 Å². The van der Waals surface area contributed by atoms with Crippen molar-refractivity contribution in [2.75, 3.05) is 18.8 Å². The summed E-state index contributed by atoms with van der Waals surface area (Å²) < 4.78 is 37.2. The van der Waals surface area contributed by atoms with Crippen LogP contribution in [0.15, 0.2) is 23.2 Å². The molecule has 5 nitrogen and oxygen atoms in total. The van der Waals surface area contributed by atoms with Crippen LogP contribution >= 0.6 is 24.0 Å². The first-order valence-corrected chi connectivity index (χ1v) is 10.2. The molecule has 2 N–H and O–H groups in total. The molecule has 1 aromatic carbocycles. The topological polar surface area (TPSA) is 70.6 Å². The van der Waals surface area contributed by atoms with Crippen molar-refractivity contribution in [2.24, 2.45) is 4.99 Å². The van der Waals surface area contributed by atoms with Crippen molar-refractivity contribution in [1.29, 1.82) is 0 Å². The Bertz CT molecular complexity index is 716. The van der Waals surface area contributed by atoms with E-state index in [4.69, 9.17) is 0 Å². The molecule has 0 fully saturated rings. The zero-order valence-electron chi connectivity index (χ0n) is 16.4. The SMILES string of the molecule is CCNC(=NCCS(=O)(=O)C(C)(C)C)NC(C)c1ccc(C)c(F)c1.I. The van der Waals surface area contributed by atoms with Crippen molar-refractivity contribution in [2.45, 2.75) is 52.3 Å². The summed E-state index contributed by atoms with van der Waals surface area (Å²) in [5.41, 5.74) is 1.40. The number of halogens is 2. The van der Waals surface area contributed by atoms with Crippen LogP contribution < -0.4 is 10.6 Å². The van der Waals surface area contributed by atoms with E-state index in [2.05, 4.69) is 15.6 Å². The highest BCUT2D eigenvalue weighted by Crippen LogP contribution is 2.17. The second-order valence-electron chi connectivity index (χ2n) is 7.07.